The van der Waals surface area contributed by atoms with E-state index in [1.54, 1.807) is 0 Å². The van der Waals surface area contributed by atoms with Crippen molar-refractivity contribution in [2.75, 3.05) is 26.8 Å². The molecule has 2 heterocycles. The predicted octanol–water partition coefficient (Wildman–Crippen LogP) is 0.350. The Morgan fingerprint density at radius 1 is 1.64 bits per heavy atom. The molecular weight excluding hydrogens is 206 g/mol. The number of fused-ring (bicyclic) bond motifs is 1. The first-order chi connectivity index (χ1) is 6.29. The Morgan fingerprint density at radius 2 is 2.43 bits per heavy atom. The second-order valence-electron chi connectivity index (χ2n) is 3.70. The minimum absolute atomic E-state index is 0. The van der Waals surface area contributed by atoms with E-state index in [-0.39, 0.29) is 18.4 Å². The summed E-state index contributed by atoms with van der Waals surface area (Å²) >= 11 is 0. The summed E-state index contributed by atoms with van der Waals surface area (Å²) in [6, 6.07) is 0. The lowest BCUT2D eigenvalue weighted by Crippen LogP contribution is -2.51. The Hall–Kier alpha value is -0.320. The van der Waals surface area contributed by atoms with Gasteiger partial charge in [0.2, 0.25) is 0 Å². The number of methoxy groups -OCH3 is 1. The van der Waals surface area contributed by atoms with Crippen molar-refractivity contribution in [1.29, 1.82) is 0 Å². The van der Waals surface area contributed by atoms with Crippen molar-refractivity contribution in [1.82, 2.24) is 5.32 Å². The van der Waals surface area contributed by atoms with Crippen LogP contribution in [-0.4, -0.2) is 38.4 Å². The molecule has 0 aromatic rings. The maximum absolute atomic E-state index is 11.6. The van der Waals surface area contributed by atoms with Crippen LogP contribution in [-0.2, 0) is 14.3 Å². The fourth-order valence-corrected chi connectivity index (χ4v) is 2.30. The first-order valence-corrected chi connectivity index (χ1v) is 4.73. The van der Waals surface area contributed by atoms with Crippen LogP contribution in [0.2, 0.25) is 0 Å². The monoisotopic (exact) mass is 221 g/mol. The second-order valence-corrected chi connectivity index (χ2v) is 3.70. The van der Waals surface area contributed by atoms with E-state index in [0.717, 1.165) is 19.4 Å². The second kappa shape index (κ2) is 4.47. The van der Waals surface area contributed by atoms with Gasteiger partial charge in [0.15, 0.2) is 5.60 Å². The molecule has 2 rings (SSSR count). The number of esters is 1. The van der Waals surface area contributed by atoms with Gasteiger partial charge >= 0.3 is 5.97 Å². The number of ether oxygens (including phenoxy) is 2. The normalized spacial score (nSPS) is 35.6. The van der Waals surface area contributed by atoms with Gasteiger partial charge in [-0.1, -0.05) is 0 Å². The number of hydrogen-bond acceptors (Lipinski definition) is 4. The zero-order chi connectivity index (χ0) is 9.31. The maximum Gasteiger partial charge on any atom is 0.339 e. The molecule has 0 bridgehead atoms. The van der Waals surface area contributed by atoms with Crippen LogP contribution in [0.25, 0.3) is 0 Å². The molecule has 0 aliphatic carbocycles. The number of carbonyl (C=O) groups is 1. The van der Waals surface area contributed by atoms with Crippen LogP contribution in [0.15, 0.2) is 0 Å². The molecule has 4 nitrogen and oxygen atoms in total. The molecule has 2 aliphatic rings. The standard InChI is InChI=1S/C9H15NO3.ClH/c1-12-8(11)9-6-10-5-7(9)3-2-4-13-9;/h7,10H,2-6H2,1H3;1H. The van der Waals surface area contributed by atoms with Crippen molar-refractivity contribution >= 4 is 18.4 Å². The molecule has 2 fully saturated rings. The highest BCUT2D eigenvalue weighted by Gasteiger charge is 2.52. The maximum atomic E-state index is 11.6. The Bertz CT molecular complexity index is 224. The summed E-state index contributed by atoms with van der Waals surface area (Å²) in [7, 11) is 1.42. The van der Waals surface area contributed by atoms with Gasteiger partial charge in [-0.15, -0.1) is 12.4 Å². The number of rotatable bonds is 1. The van der Waals surface area contributed by atoms with Crippen molar-refractivity contribution in [3.05, 3.63) is 0 Å². The Labute approximate surface area is 89.7 Å². The third-order valence-corrected chi connectivity index (χ3v) is 3.03. The summed E-state index contributed by atoms with van der Waals surface area (Å²) in [5.41, 5.74) is -0.674. The molecule has 82 valence electrons. The van der Waals surface area contributed by atoms with E-state index in [4.69, 9.17) is 9.47 Å². The molecule has 0 amide bonds. The smallest absolute Gasteiger partial charge is 0.339 e. The molecule has 2 aliphatic heterocycles. The summed E-state index contributed by atoms with van der Waals surface area (Å²) < 4.78 is 10.4. The van der Waals surface area contributed by atoms with Gasteiger partial charge in [-0.05, 0) is 12.8 Å². The van der Waals surface area contributed by atoms with E-state index in [1.807, 2.05) is 0 Å². The lowest BCUT2D eigenvalue weighted by molar-refractivity contribution is -0.178. The summed E-state index contributed by atoms with van der Waals surface area (Å²) in [6.45, 7) is 2.15. The van der Waals surface area contributed by atoms with Gasteiger partial charge in [-0.2, -0.15) is 0 Å². The molecule has 2 saturated heterocycles. The van der Waals surface area contributed by atoms with Crippen LogP contribution in [0.3, 0.4) is 0 Å². The molecule has 0 saturated carbocycles. The average molecular weight is 222 g/mol. The topological polar surface area (TPSA) is 47.6 Å². The molecule has 2 atom stereocenters. The lowest BCUT2D eigenvalue weighted by atomic mass is 9.85. The van der Waals surface area contributed by atoms with Gasteiger partial charge in [0.05, 0.1) is 7.11 Å². The number of carbonyl (C=O) groups excluding carboxylic acids is 1. The highest BCUT2D eigenvalue weighted by Crippen LogP contribution is 2.34. The van der Waals surface area contributed by atoms with Crippen LogP contribution in [0.4, 0.5) is 0 Å². The van der Waals surface area contributed by atoms with E-state index in [9.17, 15) is 4.79 Å². The summed E-state index contributed by atoms with van der Waals surface area (Å²) in [4.78, 5) is 11.6. The largest absolute Gasteiger partial charge is 0.467 e. The molecule has 2 unspecified atom stereocenters. The van der Waals surface area contributed by atoms with Crippen LogP contribution in [0, 0.1) is 5.92 Å². The van der Waals surface area contributed by atoms with E-state index >= 15 is 0 Å². The van der Waals surface area contributed by atoms with Crippen molar-refractivity contribution in [2.45, 2.75) is 18.4 Å². The number of halogens is 1. The fraction of sp³-hybridized carbons (Fsp3) is 0.889. The molecule has 5 heteroatoms. The lowest BCUT2D eigenvalue weighted by Gasteiger charge is -2.35. The van der Waals surface area contributed by atoms with Gasteiger partial charge in [0.1, 0.15) is 0 Å². The quantitative estimate of drug-likeness (QED) is 0.650. The Kier molecular flexibility index (Phi) is 3.75. The molecular formula is C9H16ClNO3. The van der Waals surface area contributed by atoms with Crippen molar-refractivity contribution in [3.8, 4) is 0 Å². The summed E-state index contributed by atoms with van der Waals surface area (Å²) in [6.07, 6.45) is 2.10. The van der Waals surface area contributed by atoms with Gasteiger partial charge in [0, 0.05) is 25.6 Å². The minimum atomic E-state index is -0.674. The van der Waals surface area contributed by atoms with E-state index in [1.165, 1.54) is 7.11 Å². The first kappa shape index (κ1) is 11.8. The van der Waals surface area contributed by atoms with Crippen LogP contribution in [0.5, 0.6) is 0 Å². The van der Waals surface area contributed by atoms with Gasteiger partial charge in [-0.3, -0.25) is 0 Å². The molecule has 14 heavy (non-hydrogen) atoms. The fourth-order valence-electron chi connectivity index (χ4n) is 2.30. The number of nitrogens with one attached hydrogen (secondary N) is 1. The van der Waals surface area contributed by atoms with Gasteiger partial charge in [0.25, 0.3) is 0 Å². The number of hydrogen-bond donors (Lipinski definition) is 1. The van der Waals surface area contributed by atoms with Crippen molar-refractivity contribution in [2.24, 2.45) is 5.92 Å². The SMILES string of the molecule is COC(=O)C12CNCC1CCCO2.Cl. The minimum Gasteiger partial charge on any atom is -0.467 e. The third kappa shape index (κ3) is 1.62. The predicted molar refractivity (Wildman–Crippen MR) is 53.5 cm³/mol. The van der Waals surface area contributed by atoms with Crippen LogP contribution in [0.1, 0.15) is 12.8 Å². The first-order valence-electron chi connectivity index (χ1n) is 4.73. The molecule has 0 spiro atoms. The van der Waals surface area contributed by atoms with Gasteiger partial charge < -0.3 is 14.8 Å². The average Bonchev–Trinajstić information content (AvgIpc) is 2.61. The van der Waals surface area contributed by atoms with Crippen molar-refractivity contribution in [3.63, 3.8) is 0 Å². The van der Waals surface area contributed by atoms with E-state index in [0.29, 0.717) is 19.1 Å². The highest BCUT2D eigenvalue weighted by molar-refractivity contribution is 5.85. The Balaban J connectivity index is 0.000000980. The van der Waals surface area contributed by atoms with E-state index < -0.39 is 5.60 Å². The summed E-state index contributed by atoms with van der Waals surface area (Å²) in [5, 5.41) is 3.19. The molecule has 1 N–H and O–H groups in total. The van der Waals surface area contributed by atoms with Crippen molar-refractivity contribution < 1.29 is 14.3 Å². The zero-order valence-corrected chi connectivity index (χ0v) is 9.06. The molecule has 0 aromatic heterocycles. The highest BCUT2D eigenvalue weighted by atomic mass is 35.5. The molecule has 0 radical (unpaired) electrons. The van der Waals surface area contributed by atoms with Crippen LogP contribution < -0.4 is 5.32 Å². The van der Waals surface area contributed by atoms with Gasteiger partial charge in [-0.25, -0.2) is 4.79 Å². The van der Waals surface area contributed by atoms with E-state index in [2.05, 4.69) is 5.32 Å². The molecule has 0 aromatic carbocycles. The Morgan fingerprint density at radius 3 is 3.14 bits per heavy atom. The zero-order valence-electron chi connectivity index (χ0n) is 8.25. The summed E-state index contributed by atoms with van der Waals surface area (Å²) in [5.74, 6) is 0.0795. The van der Waals surface area contributed by atoms with Crippen LogP contribution >= 0.6 is 12.4 Å². The third-order valence-electron chi connectivity index (χ3n) is 3.03.